The second kappa shape index (κ2) is 6.57. The summed E-state index contributed by atoms with van der Waals surface area (Å²) in [6.07, 6.45) is 1.13. The van der Waals surface area contributed by atoms with Crippen LogP contribution in [0.3, 0.4) is 0 Å². The number of hydrogen-bond acceptors (Lipinski definition) is 3. The second-order valence-corrected chi connectivity index (χ2v) is 8.58. The van der Waals surface area contributed by atoms with Crippen LogP contribution >= 0.6 is 0 Å². The van der Waals surface area contributed by atoms with Gasteiger partial charge in [0.05, 0.1) is 5.75 Å². The number of aryl methyl sites for hydroxylation is 1. The van der Waals surface area contributed by atoms with Gasteiger partial charge >= 0.3 is 0 Å². The smallest absolute Gasteiger partial charge is 0.227 e. The molecular weight excluding hydrogens is 326 g/mol. The van der Waals surface area contributed by atoms with Crippen LogP contribution in [-0.2, 0) is 14.8 Å². The molecule has 0 radical (unpaired) electrons. The van der Waals surface area contributed by atoms with Gasteiger partial charge in [-0.3, -0.25) is 4.79 Å². The molecule has 3 rings (SSSR count). The molecule has 1 aromatic heterocycles. The van der Waals surface area contributed by atoms with Crippen LogP contribution in [0.15, 0.2) is 24.3 Å². The zero-order chi connectivity index (χ0) is 17.3. The lowest BCUT2D eigenvalue weighted by Crippen LogP contribution is -2.42. The third-order valence-corrected chi connectivity index (χ3v) is 6.49. The first-order valence-corrected chi connectivity index (χ1v) is 9.88. The molecule has 130 valence electrons. The van der Waals surface area contributed by atoms with Crippen molar-refractivity contribution in [3.63, 3.8) is 0 Å². The fourth-order valence-electron chi connectivity index (χ4n) is 3.18. The van der Waals surface area contributed by atoms with E-state index in [0.29, 0.717) is 25.9 Å². The number of fused-ring (bicyclic) bond motifs is 1. The van der Waals surface area contributed by atoms with Gasteiger partial charge in [0.25, 0.3) is 0 Å². The average molecular weight is 349 g/mol. The van der Waals surface area contributed by atoms with Crippen molar-refractivity contribution in [1.29, 1.82) is 0 Å². The summed E-state index contributed by atoms with van der Waals surface area (Å²) in [5, 5.41) is 4.02. The van der Waals surface area contributed by atoms with Gasteiger partial charge in [-0.2, -0.15) is 0 Å². The van der Waals surface area contributed by atoms with Gasteiger partial charge in [-0.15, -0.1) is 0 Å². The largest absolute Gasteiger partial charge is 0.359 e. The van der Waals surface area contributed by atoms with E-state index >= 15 is 0 Å². The van der Waals surface area contributed by atoms with E-state index < -0.39 is 10.0 Å². The first-order chi connectivity index (χ1) is 11.4. The number of aromatic amines is 1. The van der Waals surface area contributed by atoms with E-state index in [-0.39, 0.29) is 17.6 Å². The molecule has 6 nitrogen and oxygen atoms in total. The van der Waals surface area contributed by atoms with Crippen LogP contribution < -0.4 is 5.32 Å². The quantitative estimate of drug-likeness (QED) is 0.889. The highest BCUT2D eigenvalue weighted by atomic mass is 32.2. The van der Waals surface area contributed by atoms with Crippen LogP contribution in [0.4, 0.5) is 5.69 Å². The fraction of sp³-hybridized carbons (Fsp3) is 0.471. The fourth-order valence-corrected chi connectivity index (χ4v) is 4.31. The number of nitrogens with one attached hydrogen (secondary N) is 2. The van der Waals surface area contributed by atoms with E-state index in [1.165, 1.54) is 4.31 Å². The molecular formula is C17H23N3O3S. The third kappa shape index (κ3) is 3.47. The Morgan fingerprint density at radius 2 is 2.00 bits per heavy atom. The van der Waals surface area contributed by atoms with Crippen LogP contribution in [0.2, 0.25) is 0 Å². The van der Waals surface area contributed by atoms with Crippen molar-refractivity contribution in [1.82, 2.24) is 9.29 Å². The Morgan fingerprint density at radius 1 is 1.29 bits per heavy atom. The van der Waals surface area contributed by atoms with Gasteiger partial charge in [0.2, 0.25) is 15.9 Å². The minimum Gasteiger partial charge on any atom is -0.359 e. The first kappa shape index (κ1) is 17.0. The number of H-pyrrole nitrogens is 1. The highest BCUT2D eigenvalue weighted by Gasteiger charge is 2.30. The number of sulfonamides is 1. The van der Waals surface area contributed by atoms with Gasteiger partial charge in [0.15, 0.2) is 0 Å². The maximum absolute atomic E-state index is 12.4. The minimum atomic E-state index is -3.15. The van der Waals surface area contributed by atoms with Crippen molar-refractivity contribution < 1.29 is 13.2 Å². The molecule has 0 atom stereocenters. The van der Waals surface area contributed by atoms with Gasteiger partial charge in [-0.1, -0.05) is 0 Å². The van der Waals surface area contributed by atoms with Crippen LogP contribution in [0.5, 0.6) is 0 Å². The second-order valence-electron chi connectivity index (χ2n) is 6.32. The number of carbonyl (C=O) groups is 1. The summed E-state index contributed by atoms with van der Waals surface area (Å²) in [4.78, 5) is 15.7. The van der Waals surface area contributed by atoms with E-state index in [4.69, 9.17) is 0 Å². The summed E-state index contributed by atoms with van der Waals surface area (Å²) in [6, 6.07) is 7.83. The molecule has 0 saturated carbocycles. The Balaban J connectivity index is 1.63. The van der Waals surface area contributed by atoms with Gasteiger partial charge in [-0.25, -0.2) is 12.7 Å². The number of carbonyl (C=O) groups excluding carboxylic acids is 1. The maximum atomic E-state index is 12.4. The minimum absolute atomic E-state index is 0.0323. The molecule has 0 aliphatic carbocycles. The van der Waals surface area contributed by atoms with E-state index in [1.54, 1.807) is 6.92 Å². The van der Waals surface area contributed by atoms with Crippen molar-refractivity contribution in [2.24, 2.45) is 5.92 Å². The zero-order valence-corrected chi connectivity index (χ0v) is 14.8. The molecule has 24 heavy (non-hydrogen) atoms. The highest BCUT2D eigenvalue weighted by Crippen LogP contribution is 2.24. The molecule has 2 heterocycles. The highest BCUT2D eigenvalue weighted by molar-refractivity contribution is 7.89. The Kier molecular flexibility index (Phi) is 4.64. The molecule has 2 aromatic rings. The van der Waals surface area contributed by atoms with E-state index in [2.05, 4.69) is 10.3 Å². The number of piperidine rings is 1. The normalized spacial score (nSPS) is 17.2. The van der Waals surface area contributed by atoms with Gasteiger partial charge in [0.1, 0.15) is 0 Å². The number of rotatable bonds is 4. The lowest BCUT2D eigenvalue weighted by molar-refractivity contribution is -0.120. The third-order valence-electron chi connectivity index (χ3n) is 4.61. The number of amides is 1. The van der Waals surface area contributed by atoms with Crippen molar-refractivity contribution >= 4 is 32.5 Å². The summed E-state index contributed by atoms with van der Waals surface area (Å²) >= 11 is 0. The van der Waals surface area contributed by atoms with Crippen LogP contribution in [-0.4, -0.2) is 42.5 Å². The first-order valence-electron chi connectivity index (χ1n) is 8.27. The standard InChI is InChI=1S/C17H23N3O3S/c1-3-24(22,23)20-8-6-13(7-9-20)17(21)19-15-4-5-16-14(11-15)10-12(2)18-16/h4-5,10-11,13,18H,3,6-9H2,1-2H3,(H,19,21). The molecule has 1 aromatic carbocycles. The predicted octanol–water partition coefficient (Wildman–Crippen LogP) is 2.48. The molecule has 2 N–H and O–H groups in total. The summed E-state index contributed by atoms with van der Waals surface area (Å²) in [5.41, 5.74) is 2.90. The van der Waals surface area contributed by atoms with Crippen molar-refractivity contribution in [3.8, 4) is 0 Å². The van der Waals surface area contributed by atoms with Crippen molar-refractivity contribution in [3.05, 3.63) is 30.0 Å². The molecule has 1 saturated heterocycles. The summed E-state index contributed by atoms with van der Waals surface area (Å²) < 4.78 is 25.2. The van der Waals surface area contributed by atoms with Crippen LogP contribution in [0.25, 0.3) is 10.9 Å². The predicted molar refractivity (Wildman–Crippen MR) is 95.4 cm³/mol. The summed E-state index contributed by atoms with van der Waals surface area (Å²) in [7, 11) is -3.15. The van der Waals surface area contributed by atoms with Crippen molar-refractivity contribution in [2.45, 2.75) is 26.7 Å². The number of hydrogen-bond donors (Lipinski definition) is 2. The monoisotopic (exact) mass is 349 g/mol. The number of aromatic nitrogens is 1. The molecule has 1 aliphatic rings. The van der Waals surface area contributed by atoms with Gasteiger partial charge in [-0.05, 0) is 51.0 Å². The summed E-state index contributed by atoms with van der Waals surface area (Å²) in [5.74, 6) is -0.0629. The maximum Gasteiger partial charge on any atom is 0.227 e. The molecule has 0 spiro atoms. The Hall–Kier alpha value is -1.86. The Bertz CT molecular complexity index is 849. The lowest BCUT2D eigenvalue weighted by atomic mass is 9.97. The molecule has 1 amide bonds. The van der Waals surface area contributed by atoms with Crippen LogP contribution in [0, 0.1) is 12.8 Å². The molecule has 7 heteroatoms. The van der Waals surface area contributed by atoms with E-state index in [0.717, 1.165) is 22.3 Å². The van der Waals surface area contributed by atoms with Crippen LogP contribution in [0.1, 0.15) is 25.5 Å². The number of anilines is 1. The topological polar surface area (TPSA) is 82.3 Å². The number of benzene rings is 1. The average Bonchev–Trinajstić information content (AvgIpc) is 2.94. The zero-order valence-electron chi connectivity index (χ0n) is 14.0. The Morgan fingerprint density at radius 3 is 2.67 bits per heavy atom. The van der Waals surface area contributed by atoms with E-state index in [9.17, 15) is 13.2 Å². The molecule has 1 aliphatic heterocycles. The molecule has 0 unspecified atom stereocenters. The van der Waals surface area contributed by atoms with Gasteiger partial charge in [0, 0.05) is 41.3 Å². The Labute approximate surface area is 142 Å². The lowest BCUT2D eigenvalue weighted by Gasteiger charge is -2.30. The van der Waals surface area contributed by atoms with Gasteiger partial charge < -0.3 is 10.3 Å². The SMILES string of the molecule is CCS(=O)(=O)N1CCC(C(=O)Nc2ccc3[nH]c(C)cc3c2)CC1. The molecule has 1 fully saturated rings. The number of nitrogens with zero attached hydrogens (tertiary/aromatic N) is 1. The summed E-state index contributed by atoms with van der Waals surface area (Å²) in [6.45, 7) is 4.48. The van der Waals surface area contributed by atoms with E-state index in [1.807, 2.05) is 31.2 Å². The molecule has 0 bridgehead atoms. The van der Waals surface area contributed by atoms with Crippen molar-refractivity contribution in [2.75, 3.05) is 24.2 Å².